The lowest BCUT2D eigenvalue weighted by Crippen LogP contribution is -2.13. The monoisotopic (exact) mass is 414 g/mol. The maximum absolute atomic E-state index is 12.1. The van der Waals surface area contributed by atoms with Gasteiger partial charge in [-0.2, -0.15) is 0 Å². The molecule has 8 heteroatoms. The lowest BCUT2D eigenvalue weighted by atomic mass is 10.1. The smallest absolute Gasteiger partial charge is 0.338 e. The Balaban J connectivity index is 1.66. The molecule has 30 heavy (non-hydrogen) atoms. The van der Waals surface area contributed by atoms with E-state index < -0.39 is 24.2 Å². The highest BCUT2D eigenvalue weighted by Crippen LogP contribution is 2.16. The Morgan fingerprint density at radius 3 is 1.40 bits per heavy atom. The van der Waals surface area contributed by atoms with Crippen molar-refractivity contribution < 1.29 is 38.4 Å². The minimum atomic E-state index is -1.16. The van der Waals surface area contributed by atoms with Gasteiger partial charge in [-0.05, 0) is 36.4 Å². The van der Waals surface area contributed by atoms with E-state index in [2.05, 4.69) is 0 Å². The Hall–Kier alpha value is -3.23. The van der Waals surface area contributed by atoms with Gasteiger partial charge < -0.3 is 24.1 Å². The van der Waals surface area contributed by atoms with E-state index in [9.17, 15) is 19.5 Å². The molecule has 0 spiro atoms. The summed E-state index contributed by atoms with van der Waals surface area (Å²) in [6.45, 7) is 0.450. The van der Waals surface area contributed by atoms with Gasteiger partial charge in [0.2, 0.25) is 0 Å². The summed E-state index contributed by atoms with van der Waals surface area (Å²) in [6, 6.07) is 12.1. The van der Waals surface area contributed by atoms with Gasteiger partial charge in [-0.3, -0.25) is 0 Å². The molecule has 2 aromatic rings. The van der Waals surface area contributed by atoms with Crippen LogP contribution in [-0.2, 0) is 18.9 Å². The number of carbonyl (C=O) groups is 3. The molecule has 0 aromatic heterocycles. The molecule has 4 aliphatic heterocycles. The number of aliphatic hydroxyl groups excluding tert-OH is 1. The van der Waals surface area contributed by atoms with Crippen LogP contribution in [0.5, 0.6) is 0 Å². The van der Waals surface area contributed by atoms with Crippen LogP contribution >= 0.6 is 0 Å². The van der Waals surface area contributed by atoms with Gasteiger partial charge in [0.1, 0.15) is 0 Å². The third-order valence-corrected chi connectivity index (χ3v) is 4.34. The average Bonchev–Trinajstić information content (AvgIpc) is 2.77. The molecule has 0 radical (unpaired) electrons. The molecule has 0 saturated heterocycles. The van der Waals surface area contributed by atoms with E-state index in [0.717, 1.165) is 0 Å². The summed E-state index contributed by atoms with van der Waals surface area (Å²) in [5.74, 6) is -1.56. The molecule has 6 rings (SSSR count). The molecular weight excluding hydrogens is 392 g/mol. The highest BCUT2D eigenvalue weighted by Gasteiger charge is 2.14. The van der Waals surface area contributed by atoms with Gasteiger partial charge in [0.25, 0.3) is 0 Å². The fourth-order valence-electron chi connectivity index (χ4n) is 2.68. The maximum atomic E-state index is 12.1. The van der Waals surface area contributed by atoms with E-state index in [1.165, 1.54) is 36.4 Å². The minimum absolute atomic E-state index is 0.0817. The fourth-order valence-corrected chi connectivity index (χ4v) is 2.68. The number of esters is 3. The van der Waals surface area contributed by atoms with Gasteiger partial charge in [-0.1, -0.05) is 12.1 Å². The van der Waals surface area contributed by atoms with Crippen molar-refractivity contribution in [2.24, 2.45) is 0 Å². The summed E-state index contributed by atoms with van der Waals surface area (Å²) < 4.78 is 20.8. The van der Waals surface area contributed by atoms with Crippen LogP contribution in [0.4, 0.5) is 0 Å². The van der Waals surface area contributed by atoms with Gasteiger partial charge >= 0.3 is 17.9 Å². The van der Waals surface area contributed by atoms with Crippen molar-refractivity contribution in [1.82, 2.24) is 0 Å². The van der Waals surface area contributed by atoms with Crippen molar-refractivity contribution in [1.29, 1.82) is 0 Å². The molecule has 0 aliphatic carbocycles. The highest BCUT2D eigenvalue weighted by atomic mass is 16.6. The Kier molecular flexibility index (Phi) is 7.53. The van der Waals surface area contributed by atoms with Crippen molar-refractivity contribution in [2.45, 2.75) is 19.1 Å². The number of hydrogen-bond acceptors (Lipinski definition) is 8. The third-order valence-electron chi connectivity index (χ3n) is 4.34. The second-order valence-electron chi connectivity index (χ2n) is 6.54. The SMILES string of the molecule is O=C1OCCCOC(=O)c2ccc(cc2)C(O)OCCCOC(=O)c2ccc1cc2. The van der Waals surface area contributed by atoms with Crippen LogP contribution in [-0.4, -0.2) is 49.4 Å². The van der Waals surface area contributed by atoms with Gasteiger partial charge in [-0.15, -0.1) is 0 Å². The molecule has 8 nitrogen and oxygen atoms in total. The lowest BCUT2D eigenvalue weighted by Gasteiger charge is -2.13. The first-order valence-corrected chi connectivity index (χ1v) is 9.55. The number of rotatable bonds is 0. The molecule has 1 unspecified atom stereocenters. The van der Waals surface area contributed by atoms with E-state index in [-0.39, 0.29) is 26.4 Å². The van der Waals surface area contributed by atoms with Gasteiger partial charge in [0.05, 0.1) is 43.1 Å². The minimum Gasteiger partial charge on any atom is -0.462 e. The largest absolute Gasteiger partial charge is 0.462 e. The van der Waals surface area contributed by atoms with E-state index in [1.807, 2.05) is 0 Å². The van der Waals surface area contributed by atoms with Crippen LogP contribution in [0.1, 0.15) is 55.8 Å². The van der Waals surface area contributed by atoms with E-state index in [0.29, 0.717) is 35.1 Å². The molecule has 4 aliphatic rings. The van der Waals surface area contributed by atoms with Crippen LogP contribution in [0.25, 0.3) is 0 Å². The number of ether oxygens (including phenoxy) is 4. The molecule has 158 valence electrons. The van der Waals surface area contributed by atoms with Gasteiger partial charge in [0, 0.05) is 18.4 Å². The predicted octanol–water partition coefficient (Wildman–Crippen LogP) is 2.66. The van der Waals surface area contributed by atoms with Crippen molar-refractivity contribution in [3.63, 3.8) is 0 Å². The topological polar surface area (TPSA) is 108 Å². The maximum Gasteiger partial charge on any atom is 0.338 e. The Morgan fingerprint density at radius 1 is 0.600 bits per heavy atom. The Bertz CT molecular complexity index is 873. The van der Waals surface area contributed by atoms with Crippen LogP contribution < -0.4 is 0 Å². The highest BCUT2D eigenvalue weighted by molar-refractivity contribution is 5.93. The van der Waals surface area contributed by atoms with Crippen LogP contribution in [0.3, 0.4) is 0 Å². The summed E-state index contributed by atoms with van der Waals surface area (Å²) in [5, 5.41) is 10.1. The van der Waals surface area contributed by atoms with E-state index in [4.69, 9.17) is 18.9 Å². The van der Waals surface area contributed by atoms with Crippen molar-refractivity contribution in [3.05, 3.63) is 70.8 Å². The molecule has 0 fully saturated rings. The zero-order valence-electron chi connectivity index (χ0n) is 16.2. The molecule has 4 heterocycles. The second kappa shape index (κ2) is 10.5. The van der Waals surface area contributed by atoms with Crippen LogP contribution in [0.2, 0.25) is 0 Å². The first kappa shape index (κ1) is 21.5. The molecule has 0 amide bonds. The zero-order valence-corrected chi connectivity index (χ0v) is 16.2. The lowest BCUT2D eigenvalue weighted by molar-refractivity contribution is -0.105. The Labute approximate surface area is 173 Å². The summed E-state index contributed by atoms with van der Waals surface area (Å²) in [6.07, 6.45) is -0.435. The van der Waals surface area contributed by atoms with Gasteiger partial charge in [-0.25, -0.2) is 14.4 Å². The molecule has 1 atom stereocenters. The molecule has 0 saturated carbocycles. The van der Waals surface area contributed by atoms with Gasteiger partial charge in [0.15, 0.2) is 6.29 Å². The first-order valence-electron chi connectivity index (χ1n) is 9.55. The summed E-state index contributed by atoms with van der Waals surface area (Å²) in [5.41, 5.74) is 1.42. The molecule has 1 N–H and O–H groups in total. The number of benzene rings is 2. The number of aliphatic hydroxyl groups is 1. The summed E-state index contributed by atoms with van der Waals surface area (Å²) >= 11 is 0. The third kappa shape index (κ3) is 5.88. The van der Waals surface area contributed by atoms with Crippen LogP contribution in [0.15, 0.2) is 48.5 Å². The zero-order chi connectivity index (χ0) is 21.3. The van der Waals surface area contributed by atoms with Crippen molar-refractivity contribution >= 4 is 17.9 Å². The standard InChI is InChI=1S/C22H22O8/c23-19-15-3-7-17(8-4-15)21(25)29-13-2-14-30-22(26)18-9-5-16(6-10-18)20(24)28-12-1-11-27-19/h3-10,19,23H,1-2,11-14H2. The molecule has 4 bridgehead atoms. The average molecular weight is 414 g/mol. The van der Waals surface area contributed by atoms with E-state index >= 15 is 0 Å². The Morgan fingerprint density at radius 2 is 0.967 bits per heavy atom. The molecular formula is C22H22O8. The number of carbonyl (C=O) groups excluding carboxylic acids is 3. The normalized spacial score (nSPS) is 19.2. The van der Waals surface area contributed by atoms with Crippen molar-refractivity contribution in [2.75, 3.05) is 26.4 Å². The second-order valence-corrected chi connectivity index (χ2v) is 6.54. The summed E-state index contributed by atoms with van der Waals surface area (Å²) in [7, 11) is 0. The fraction of sp³-hybridized carbons (Fsp3) is 0.318. The predicted molar refractivity (Wildman–Crippen MR) is 104 cm³/mol. The number of hydrogen-bond donors (Lipinski definition) is 1. The van der Waals surface area contributed by atoms with E-state index in [1.54, 1.807) is 12.1 Å². The quantitative estimate of drug-likeness (QED) is 0.518. The molecule has 2 aromatic carbocycles. The van der Waals surface area contributed by atoms with Crippen LogP contribution in [0, 0.1) is 0 Å². The summed E-state index contributed by atoms with van der Waals surface area (Å²) in [4.78, 5) is 36.1. The first-order chi connectivity index (χ1) is 14.5. The van der Waals surface area contributed by atoms with Crippen molar-refractivity contribution in [3.8, 4) is 0 Å².